The largest absolute Gasteiger partial charge is 0.340 e. The van der Waals surface area contributed by atoms with Crippen molar-refractivity contribution in [2.45, 2.75) is 13.0 Å². The van der Waals surface area contributed by atoms with Crippen molar-refractivity contribution in [1.82, 2.24) is 10.3 Å². The van der Waals surface area contributed by atoms with E-state index < -0.39 is 6.04 Å². The number of amides is 2. The third-order valence-corrected chi connectivity index (χ3v) is 5.18. The van der Waals surface area contributed by atoms with Gasteiger partial charge in [0.05, 0.1) is 11.7 Å². The molecule has 0 spiro atoms. The minimum absolute atomic E-state index is 0.220. The Morgan fingerprint density at radius 2 is 1.44 bits per heavy atom. The van der Waals surface area contributed by atoms with Crippen LogP contribution in [0.2, 0.25) is 0 Å². The minimum atomic E-state index is -0.395. The molecule has 1 aromatic heterocycles. The molecule has 0 aliphatic rings. The summed E-state index contributed by atoms with van der Waals surface area (Å²) in [5.74, 6) is -0.471. The van der Waals surface area contributed by atoms with E-state index in [1.165, 1.54) is 0 Å². The highest BCUT2D eigenvalue weighted by Crippen LogP contribution is 2.22. The van der Waals surface area contributed by atoms with Crippen LogP contribution < -0.4 is 10.6 Å². The van der Waals surface area contributed by atoms with E-state index in [4.69, 9.17) is 0 Å². The van der Waals surface area contributed by atoms with Crippen molar-refractivity contribution >= 4 is 17.5 Å². The first-order valence-corrected chi connectivity index (χ1v) is 10.4. The summed E-state index contributed by atoms with van der Waals surface area (Å²) in [6.07, 6.45) is 1.71. The molecular weight excluding hydrogens is 398 g/mol. The molecule has 2 amide bonds. The summed E-state index contributed by atoms with van der Waals surface area (Å²) in [5.41, 5.74) is 4.16. The van der Waals surface area contributed by atoms with Crippen LogP contribution in [0.1, 0.15) is 43.6 Å². The molecule has 3 aromatic carbocycles. The molecule has 0 aliphatic carbocycles. The van der Waals surface area contributed by atoms with Crippen molar-refractivity contribution < 1.29 is 9.59 Å². The molecule has 0 aliphatic heterocycles. The summed E-state index contributed by atoms with van der Waals surface area (Å²) in [6, 6.07) is 29.2. The van der Waals surface area contributed by atoms with Crippen molar-refractivity contribution in [2.75, 3.05) is 5.32 Å². The lowest BCUT2D eigenvalue weighted by atomic mass is 10.0. The van der Waals surface area contributed by atoms with Crippen molar-refractivity contribution in [3.63, 3.8) is 0 Å². The summed E-state index contributed by atoms with van der Waals surface area (Å²) >= 11 is 0. The van der Waals surface area contributed by atoms with Crippen molar-refractivity contribution in [2.24, 2.45) is 0 Å². The minimum Gasteiger partial charge on any atom is -0.340 e. The summed E-state index contributed by atoms with van der Waals surface area (Å²) in [6.45, 7) is 1.89. The fourth-order valence-electron chi connectivity index (χ4n) is 3.42. The highest BCUT2D eigenvalue weighted by Gasteiger charge is 2.19. The summed E-state index contributed by atoms with van der Waals surface area (Å²) in [5, 5.41) is 5.99. The number of nitrogens with one attached hydrogen (secondary N) is 2. The van der Waals surface area contributed by atoms with Crippen LogP contribution >= 0.6 is 0 Å². The molecule has 2 N–H and O–H groups in total. The predicted octanol–water partition coefficient (Wildman–Crippen LogP) is 5.16. The fourth-order valence-corrected chi connectivity index (χ4v) is 3.42. The normalized spacial score (nSPS) is 11.4. The van der Waals surface area contributed by atoms with Gasteiger partial charge >= 0.3 is 0 Å². The van der Waals surface area contributed by atoms with Gasteiger partial charge in [-0.2, -0.15) is 0 Å². The Bertz CT molecular complexity index is 1170. The van der Waals surface area contributed by atoms with Gasteiger partial charge in [0.15, 0.2) is 0 Å². The zero-order valence-corrected chi connectivity index (χ0v) is 17.7. The van der Waals surface area contributed by atoms with Crippen LogP contribution in [0.25, 0.3) is 0 Å². The third kappa shape index (κ3) is 4.90. The van der Waals surface area contributed by atoms with E-state index in [1.54, 1.807) is 30.5 Å². The Labute approximate surface area is 187 Å². The van der Waals surface area contributed by atoms with Gasteiger partial charge in [-0.1, -0.05) is 60.7 Å². The lowest BCUT2D eigenvalue weighted by Gasteiger charge is -2.19. The van der Waals surface area contributed by atoms with Gasteiger partial charge in [0.1, 0.15) is 0 Å². The number of carbonyl (C=O) groups excluding carboxylic acids is 2. The second kappa shape index (κ2) is 9.71. The van der Waals surface area contributed by atoms with E-state index in [9.17, 15) is 9.59 Å². The van der Waals surface area contributed by atoms with Crippen LogP contribution in [0.15, 0.2) is 103 Å². The quantitative estimate of drug-likeness (QED) is 0.452. The number of hydrogen-bond acceptors (Lipinski definition) is 3. The van der Waals surface area contributed by atoms with Crippen molar-refractivity contribution in [3.8, 4) is 0 Å². The molecule has 4 aromatic rings. The van der Waals surface area contributed by atoms with Crippen molar-refractivity contribution in [1.29, 1.82) is 0 Å². The molecule has 0 saturated heterocycles. The van der Waals surface area contributed by atoms with Crippen molar-refractivity contribution in [3.05, 3.63) is 131 Å². The first-order valence-electron chi connectivity index (χ1n) is 10.4. The van der Waals surface area contributed by atoms with E-state index >= 15 is 0 Å². The zero-order chi connectivity index (χ0) is 22.3. The Morgan fingerprint density at radius 3 is 2.12 bits per heavy atom. The van der Waals surface area contributed by atoms with Gasteiger partial charge in [-0.05, 0) is 54.4 Å². The smallest absolute Gasteiger partial charge is 0.255 e. The Morgan fingerprint density at radius 1 is 0.750 bits per heavy atom. The van der Waals surface area contributed by atoms with Gasteiger partial charge in [-0.3, -0.25) is 14.6 Å². The average molecular weight is 422 g/mol. The molecule has 32 heavy (non-hydrogen) atoms. The highest BCUT2D eigenvalue weighted by molar-refractivity contribution is 6.05. The molecule has 1 atom stereocenters. The lowest BCUT2D eigenvalue weighted by Crippen LogP contribution is -2.30. The van der Waals surface area contributed by atoms with Gasteiger partial charge in [-0.25, -0.2) is 0 Å². The van der Waals surface area contributed by atoms with E-state index in [-0.39, 0.29) is 11.8 Å². The van der Waals surface area contributed by atoms with Crippen LogP contribution in [-0.2, 0) is 0 Å². The number of aryl methyl sites for hydroxylation is 1. The maximum atomic E-state index is 13.2. The number of benzene rings is 3. The molecule has 0 fully saturated rings. The molecule has 0 radical (unpaired) electrons. The lowest BCUT2D eigenvalue weighted by molar-refractivity contribution is 0.0941. The molecule has 4 rings (SSSR count). The standard InChI is InChI=1S/C27H23N3O2/c1-19-15-16-22(18-24(19)29-26(31)21-12-6-3-7-13-21)27(32)30-25(20-10-4-2-5-11-20)23-14-8-9-17-28-23/h2-18,25H,1H3,(H,29,31)(H,30,32). The SMILES string of the molecule is Cc1ccc(C(=O)NC(c2ccccc2)c2ccccn2)cc1NC(=O)c1ccccc1. The van der Waals surface area contributed by atoms with Crippen LogP contribution in [0.4, 0.5) is 5.69 Å². The summed E-state index contributed by atoms with van der Waals surface area (Å²) in [4.78, 5) is 30.2. The second-order valence-corrected chi connectivity index (χ2v) is 7.42. The van der Waals surface area contributed by atoms with Gasteiger partial charge in [-0.15, -0.1) is 0 Å². The van der Waals surface area contributed by atoms with Gasteiger partial charge < -0.3 is 10.6 Å². The number of nitrogens with zero attached hydrogens (tertiary/aromatic N) is 1. The number of aromatic nitrogens is 1. The number of rotatable bonds is 6. The Kier molecular flexibility index (Phi) is 6.37. The molecule has 5 heteroatoms. The molecule has 5 nitrogen and oxygen atoms in total. The molecular formula is C27H23N3O2. The highest BCUT2D eigenvalue weighted by atomic mass is 16.2. The summed E-state index contributed by atoms with van der Waals surface area (Å²) < 4.78 is 0. The van der Waals surface area contributed by atoms with E-state index in [0.29, 0.717) is 16.8 Å². The first kappa shape index (κ1) is 21.0. The van der Waals surface area contributed by atoms with E-state index in [0.717, 1.165) is 16.8 Å². The average Bonchev–Trinajstić information content (AvgIpc) is 2.85. The maximum absolute atomic E-state index is 13.2. The molecule has 1 unspecified atom stereocenters. The molecule has 0 saturated carbocycles. The molecule has 1 heterocycles. The van der Waals surface area contributed by atoms with Crippen LogP contribution in [0.5, 0.6) is 0 Å². The van der Waals surface area contributed by atoms with E-state index in [2.05, 4.69) is 15.6 Å². The number of anilines is 1. The van der Waals surface area contributed by atoms with Gasteiger partial charge in [0.25, 0.3) is 11.8 Å². The number of hydrogen-bond donors (Lipinski definition) is 2. The maximum Gasteiger partial charge on any atom is 0.255 e. The number of pyridine rings is 1. The monoisotopic (exact) mass is 421 g/mol. The topological polar surface area (TPSA) is 71.1 Å². The fraction of sp³-hybridized carbons (Fsp3) is 0.0741. The Balaban J connectivity index is 1.58. The van der Waals surface area contributed by atoms with Crippen LogP contribution in [-0.4, -0.2) is 16.8 Å². The predicted molar refractivity (Wildman–Crippen MR) is 126 cm³/mol. The third-order valence-electron chi connectivity index (χ3n) is 5.18. The number of carbonyl (C=O) groups is 2. The second-order valence-electron chi connectivity index (χ2n) is 7.42. The van der Waals surface area contributed by atoms with Gasteiger partial charge in [0.2, 0.25) is 0 Å². The van der Waals surface area contributed by atoms with Crippen LogP contribution in [0, 0.1) is 6.92 Å². The molecule has 0 bridgehead atoms. The van der Waals surface area contributed by atoms with Crippen LogP contribution in [0.3, 0.4) is 0 Å². The zero-order valence-electron chi connectivity index (χ0n) is 17.7. The Hall–Kier alpha value is -4.25. The van der Waals surface area contributed by atoms with Gasteiger partial charge in [0, 0.05) is 23.0 Å². The molecule has 158 valence electrons. The first-order chi connectivity index (χ1) is 15.6. The van der Waals surface area contributed by atoms with E-state index in [1.807, 2.05) is 79.7 Å². The summed E-state index contributed by atoms with van der Waals surface area (Å²) in [7, 11) is 0.